The van der Waals surface area contributed by atoms with Crippen LogP contribution in [0.5, 0.6) is 0 Å². The Bertz CT molecular complexity index is 544. The number of nitrogens with zero attached hydrogens (tertiary/aromatic N) is 1. The molecule has 0 radical (unpaired) electrons. The third kappa shape index (κ3) is 3.26. The molecule has 1 aliphatic rings. The molecule has 1 aromatic heterocycles. The first-order valence-electron chi connectivity index (χ1n) is 5.10. The summed E-state index contributed by atoms with van der Waals surface area (Å²) < 4.78 is 23.1. The highest BCUT2D eigenvalue weighted by Crippen LogP contribution is 2.12. The first-order valence-corrected chi connectivity index (χ1v) is 7.71. The minimum Gasteiger partial charge on any atom is -0.347 e. The number of hydrogen-bond acceptors (Lipinski definition) is 4. The maximum absolute atomic E-state index is 11.8. The van der Waals surface area contributed by atoms with Crippen LogP contribution in [0.4, 0.5) is 0 Å². The maximum atomic E-state index is 11.8. The maximum Gasteiger partial charge on any atom is 0.270 e. The number of amides is 1. The van der Waals surface area contributed by atoms with Gasteiger partial charge in [0, 0.05) is 6.04 Å². The van der Waals surface area contributed by atoms with Crippen LogP contribution in [0.1, 0.15) is 16.9 Å². The second-order valence-electron chi connectivity index (χ2n) is 3.92. The average Bonchev–Trinajstić information content (AvgIpc) is 2.58. The van der Waals surface area contributed by atoms with Gasteiger partial charge in [-0.1, -0.05) is 6.07 Å². The monoisotopic (exact) mass is 318 g/mol. The summed E-state index contributed by atoms with van der Waals surface area (Å²) in [4.78, 5) is 15.8. The van der Waals surface area contributed by atoms with Gasteiger partial charge in [0.25, 0.3) is 5.91 Å². The Labute approximate surface area is 108 Å². The lowest BCUT2D eigenvalue weighted by molar-refractivity contribution is 0.0936. The molecule has 1 N–H and O–H groups in total. The molecule has 5 nitrogen and oxygen atoms in total. The lowest BCUT2D eigenvalue weighted by atomic mass is 10.2. The van der Waals surface area contributed by atoms with Crippen LogP contribution in [0.25, 0.3) is 0 Å². The summed E-state index contributed by atoms with van der Waals surface area (Å²) in [7, 11) is -2.98. The molecule has 17 heavy (non-hydrogen) atoms. The molecule has 0 saturated carbocycles. The van der Waals surface area contributed by atoms with E-state index in [4.69, 9.17) is 0 Å². The van der Waals surface area contributed by atoms with Gasteiger partial charge in [-0.05, 0) is 34.5 Å². The second kappa shape index (κ2) is 4.73. The topological polar surface area (TPSA) is 76.1 Å². The average molecular weight is 319 g/mol. The number of carbonyl (C=O) groups is 1. The van der Waals surface area contributed by atoms with Gasteiger partial charge in [0.2, 0.25) is 0 Å². The van der Waals surface area contributed by atoms with Crippen molar-refractivity contribution in [2.75, 3.05) is 11.5 Å². The van der Waals surface area contributed by atoms with Crippen molar-refractivity contribution in [1.29, 1.82) is 0 Å². The normalized spacial score (nSPS) is 22.3. The first-order chi connectivity index (χ1) is 7.96. The van der Waals surface area contributed by atoms with Crippen molar-refractivity contribution in [2.45, 2.75) is 12.5 Å². The molecule has 1 aromatic rings. The second-order valence-corrected chi connectivity index (χ2v) is 6.96. The predicted octanol–water partition coefficient (Wildman–Crippen LogP) is 0.761. The Hall–Kier alpha value is -0.950. The molecule has 1 amide bonds. The molecule has 1 atom stereocenters. The zero-order valence-corrected chi connectivity index (χ0v) is 11.3. The molecule has 1 aliphatic heterocycles. The Morgan fingerprint density at radius 2 is 2.24 bits per heavy atom. The van der Waals surface area contributed by atoms with Gasteiger partial charge < -0.3 is 5.32 Å². The highest BCUT2D eigenvalue weighted by atomic mass is 79.9. The highest BCUT2D eigenvalue weighted by molar-refractivity contribution is 9.10. The smallest absolute Gasteiger partial charge is 0.270 e. The van der Waals surface area contributed by atoms with E-state index in [0.29, 0.717) is 11.0 Å². The van der Waals surface area contributed by atoms with E-state index in [-0.39, 0.29) is 29.1 Å². The fourth-order valence-corrected chi connectivity index (χ4v) is 3.72. The molecule has 0 spiro atoms. The van der Waals surface area contributed by atoms with E-state index in [1.54, 1.807) is 18.2 Å². The summed E-state index contributed by atoms with van der Waals surface area (Å²) in [6.45, 7) is 0. The molecule has 0 aromatic carbocycles. The van der Waals surface area contributed by atoms with Crippen molar-refractivity contribution < 1.29 is 13.2 Å². The van der Waals surface area contributed by atoms with Gasteiger partial charge in [0.05, 0.1) is 11.5 Å². The molecule has 0 aliphatic carbocycles. The van der Waals surface area contributed by atoms with Crippen molar-refractivity contribution in [2.24, 2.45) is 0 Å². The van der Waals surface area contributed by atoms with Crippen LogP contribution in [0.2, 0.25) is 0 Å². The van der Waals surface area contributed by atoms with Crippen LogP contribution in [0.15, 0.2) is 22.8 Å². The zero-order chi connectivity index (χ0) is 12.5. The third-order valence-electron chi connectivity index (χ3n) is 2.52. The molecule has 1 saturated heterocycles. The summed E-state index contributed by atoms with van der Waals surface area (Å²) in [5, 5.41) is 2.68. The van der Waals surface area contributed by atoms with Crippen LogP contribution in [-0.4, -0.2) is 36.9 Å². The minimum atomic E-state index is -2.98. The van der Waals surface area contributed by atoms with E-state index in [1.165, 1.54) is 0 Å². The van der Waals surface area contributed by atoms with Crippen LogP contribution in [-0.2, 0) is 9.84 Å². The Morgan fingerprint density at radius 3 is 2.82 bits per heavy atom. The number of nitrogens with one attached hydrogen (secondary N) is 1. The van der Waals surface area contributed by atoms with E-state index in [1.807, 2.05) is 0 Å². The van der Waals surface area contributed by atoms with Crippen molar-refractivity contribution in [3.8, 4) is 0 Å². The van der Waals surface area contributed by atoms with E-state index in [9.17, 15) is 13.2 Å². The number of aromatic nitrogens is 1. The third-order valence-corrected chi connectivity index (χ3v) is 4.73. The molecule has 0 bridgehead atoms. The number of halogens is 1. The van der Waals surface area contributed by atoms with Gasteiger partial charge in [0.15, 0.2) is 9.84 Å². The van der Waals surface area contributed by atoms with E-state index in [2.05, 4.69) is 26.2 Å². The molecule has 2 heterocycles. The standard InChI is InChI=1S/C10H11BrN2O3S/c11-9-3-1-2-8(13-9)10(14)12-7-4-5-17(15,16)6-7/h1-3,7H,4-6H2,(H,12,14). The SMILES string of the molecule is O=C(NC1CCS(=O)(=O)C1)c1cccc(Br)n1. The quantitative estimate of drug-likeness (QED) is 0.817. The zero-order valence-electron chi connectivity index (χ0n) is 8.89. The van der Waals surface area contributed by atoms with Crippen molar-refractivity contribution >= 4 is 31.7 Å². The summed E-state index contributed by atoms with van der Waals surface area (Å²) in [6.07, 6.45) is 0.474. The van der Waals surface area contributed by atoms with Gasteiger partial charge in [-0.3, -0.25) is 4.79 Å². The summed E-state index contributed by atoms with van der Waals surface area (Å²) in [5.74, 6) is -0.176. The Morgan fingerprint density at radius 1 is 1.47 bits per heavy atom. The predicted molar refractivity (Wildman–Crippen MR) is 66.5 cm³/mol. The van der Waals surface area contributed by atoms with E-state index < -0.39 is 9.84 Å². The van der Waals surface area contributed by atoms with Gasteiger partial charge in [-0.25, -0.2) is 13.4 Å². The van der Waals surface area contributed by atoms with E-state index in [0.717, 1.165) is 0 Å². The molecular weight excluding hydrogens is 308 g/mol. The summed E-state index contributed by atoms with van der Waals surface area (Å²) >= 11 is 3.17. The van der Waals surface area contributed by atoms with Crippen LogP contribution < -0.4 is 5.32 Å². The number of sulfone groups is 1. The van der Waals surface area contributed by atoms with Gasteiger partial charge in [-0.2, -0.15) is 0 Å². The Kier molecular flexibility index (Phi) is 3.48. The fraction of sp³-hybridized carbons (Fsp3) is 0.400. The van der Waals surface area contributed by atoms with Crippen LogP contribution >= 0.6 is 15.9 Å². The first kappa shape index (κ1) is 12.5. The molecule has 1 fully saturated rings. The lowest BCUT2D eigenvalue weighted by Crippen LogP contribution is -2.36. The summed E-state index contributed by atoms with van der Waals surface area (Å²) in [5.41, 5.74) is 0.281. The van der Waals surface area contributed by atoms with Gasteiger partial charge in [0.1, 0.15) is 10.3 Å². The highest BCUT2D eigenvalue weighted by Gasteiger charge is 2.29. The number of pyridine rings is 1. The molecule has 1 unspecified atom stereocenters. The fourth-order valence-electron chi connectivity index (χ4n) is 1.70. The lowest BCUT2D eigenvalue weighted by Gasteiger charge is -2.10. The molecule has 2 rings (SSSR count). The van der Waals surface area contributed by atoms with Gasteiger partial charge in [-0.15, -0.1) is 0 Å². The molecule has 92 valence electrons. The number of rotatable bonds is 2. The molecule has 7 heteroatoms. The van der Waals surface area contributed by atoms with Gasteiger partial charge >= 0.3 is 0 Å². The van der Waals surface area contributed by atoms with Crippen molar-refractivity contribution in [1.82, 2.24) is 10.3 Å². The number of hydrogen-bond donors (Lipinski definition) is 1. The summed E-state index contributed by atoms with van der Waals surface area (Å²) in [6, 6.07) is 4.71. The van der Waals surface area contributed by atoms with E-state index >= 15 is 0 Å². The Balaban J connectivity index is 2.03. The largest absolute Gasteiger partial charge is 0.347 e. The molecular formula is C10H11BrN2O3S. The minimum absolute atomic E-state index is 0.0206. The van der Waals surface area contributed by atoms with Crippen molar-refractivity contribution in [3.63, 3.8) is 0 Å². The van der Waals surface area contributed by atoms with Crippen LogP contribution in [0, 0.1) is 0 Å². The van der Waals surface area contributed by atoms with Crippen molar-refractivity contribution in [3.05, 3.63) is 28.5 Å². The van der Waals surface area contributed by atoms with Crippen LogP contribution in [0.3, 0.4) is 0 Å². The number of carbonyl (C=O) groups excluding carboxylic acids is 1.